The molecule has 0 unspecified atom stereocenters. The third-order valence-electron chi connectivity index (χ3n) is 3.94. The first-order valence-electron chi connectivity index (χ1n) is 7.69. The van der Waals surface area contributed by atoms with Crippen molar-refractivity contribution in [3.63, 3.8) is 0 Å². The van der Waals surface area contributed by atoms with Crippen LogP contribution in [0.2, 0.25) is 0 Å². The van der Waals surface area contributed by atoms with E-state index in [0.29, 0.717) is 6.42 Å². The number of nitrogens with zero attached hydrogens (tertiary/aromatic N) is 3. The van der Waals surface area contributed by atoms with Crippen LogP contribution in [-0.2, 0) is 11.8 Å². The van der Waals surface area contributed by atoms with Crippen LogP contribution in [0.15, 0.2) is 12.4 Å². The predicted octanol–water partition coefficient (Wildman–Crippen LogP) is 1.86. The van der Waals surface area contributed by atoms with Gasteiger partial charge in [0.2, 0.25) is 5.91 Å². The van der Waals surface area contributed by atoms with Gasteiger partial charge in [0.05, 0.1) is 6.04 Å². The first-order valence-corrected chi connectivity index (χ1v) is 7.69. The SMILES string of the molecule is CCC[C@H](NC(=O)CCN1CCCC1)c1nccn1C. The summed E-state index contributed by atoms with van der Waals surface area (Å²) in [6.45, 7) is 5.30. The molecule has 1 aliphatic heterocycles. The maximum absolute atomic E-state index is 12.1. The molecule has 1 N–H and O–H groups in total. The lowest BCUT2D eigenvalue weighted by Crippen LogP contribution is -2.33. The number of hydrogen-bond acceptors (Lipinski definition) is 3. The molecular weight excluding hydrogens is 252 g/mol. The second-order valence-electron chi connectivity index (χ2n) is 5.60. The molecule has 20 heavy (non-hydrogen) atoms. The number of likely N-dealkylation sites (tertiary alicyclic amines) is 1. The summed E-state index contributed by atoms with van der Waals surface area (Å²) < 4.78 is 1.99. The number of carbonyl (C=O) groups excluding carboxylic acids is 1. The Hall–Kier alpha value is -1.36. The third-order valence-corrected chi connectivity index (χ3v) is 3.94. The van der Waals surface area contributed by atoms with E-state index in [1.54, 1.807) is 6.20 Å². The van der Waals surface area contributed by atoms with E-state index < -0.39 is 0 Å². The van der Waals surface area contributed by atoms with E-state index in [9.17, 15) is 4.79 Å². The molecule has 1 aromatic heterocycles. The van der Waals surface area contributed by atoms with E-state index in [-0.39, 0.29) is 11.9 Å². The smallest absolute Gasteiger partial charge is 0.221 e. The molecule has 5 heteroatoms. The van der Waals surface area contributed by atoms with Gasteiger partial charge in [-0.3, -0.25) is 4.79 Å². The molecule has 0 saturated carbocycles. The minimum absolute atomic E-state index is 0.0334. The van der Waals surface area contributed by atoms with Crippen molar-refractivity contribution in [1.82, 2.24) is 19.8 Å². The number of imidazole rings is 1. The summed E-state index contributed by atoms with van der Waals surface area (Å²) in [6, 6.07) is 0.0334. The Labute approximate surface area is 121 Å². The summed E-state index contributed by atoms with van der Waals surface area (Å²) in [4.78, 5) is 18.9. The Bertz CT molecular complexity index is 423. The average molecular weight is 278 g/mol. The number of rotatable bonds is 7. The Morgan fingerprint density at radius 1 is 1.45 bits per heavy atom. The molecule has 1 amide bonds. The summed E-state index contributed by atoms with van der Waals surface area (Å²) in [6.07, 6.45) is 8.80. The van der Waals surface area contributed by atoms with Gasteiger partial charge in [-0.15, -0.1) is 0 Å². The normalized spacial score (nSPS) is 17.3. The molecule has 0 aliphatic carbocycles. The first kappa shape index (κ1) is 15.0. The van der Waals surface area contributed by atoms with E-state index in [1.807, 2.05) is 17.8 Å². The Morgan fingerprint density at radius 3 is 2.80 bits per heavy atom. The van der Waals surface area contributed by atoms with Gasteiger partial charge < -0.3 is 14.8 Å². The van der Waals surface area contributed by atoms with Crippen molar-refractivity contribution in [2.24, 2.45) is 7.05 Å². The Balaban J connectivity index is 1.84. The molecule has 5 nitrogen and oxygen atoms in total. The second kappa shape index (κ2) is 7.43. The zero-order chi connectivity index (χ0) is 14.4. The molecule has 2 rings (SSSR count). The molecule has 2 heterocycles. The van der Waals surface area contributed by atoms with Gasteiger partial charge in [0, 0.05) is 32.4 Å². The lowest BCUT2D eigenvalue weighted by molar-refractivity contribution is -0.122. The Morgan fingerprint density at radius 2 is 2.20 bits per heavy atom. The van der Waals surface area contributed by atoms with Crippen molar-refractivity contribution in [2.45, 2.75) is 45.1 Å². The molecular formula is C15H26N4O. The van der Waals surface area contributed by atoms with Crippen LogP contribution < -0.4 is 5.32 Å². The van der Waals surface area contributed by atoms with Crippen LogP contribution in [0.5, 0.6) is 0 Å². The van der Waals surface area contributed by atoms with E-state index in [4.69, 9.17) is 0 Å². The largest absolute Gasteiger partial charge is 0.346 e. The quantitative estimate of drug-likeness (QED) is 0.828. The topological polar surface area (TPSA) is 50.2 Å². The third kappa shape index (κ3) is 4.07. The fourth-order valence-electron chi connectivity index (χ4n) is 2.80. The van der Waals surface area contributed by atoms with Crippen molar-refractivity contribution in [1.29, 1.82) is 0 Å². The summed E-state index contributed by atoms with van der Waals surface area (Å²) in [5.74, 6) is 1.08. The van der Waals surface area contributed by atoms with E-state index in [2.05, 4.69) is 22.1 Å². The number of carbonyl (C=O) groups is 1. The van der Waals surface area contributed by atoms with Gasteiger partial charge in [0.1, 0.15) is 5.82 Å². The molecule has 1 atom stereocenters. The molecule has 1 aliphatic rings. The number of hydrogen-bond donors (Lipinski definition) is 1. The minimum atomic E-state index is 0.0334. The highest BCUT2D eigenvalue weighted by molar-refractivity contribution is 5.76. The number of aryl methyl sites for hydroxylation is 1. The fourth-order valence-corrected chi connectivity index (χ4v) is 2.80. The van der Waals surface area contributed by atoms with E-state index in [0.717, 1.165) is 38.3 Å². The lowest BCUT2D eigenvalue weighted by Gasteiger charge is -2.19. The van der Waals surface area contributed by atoms with Gasteiger partial charge in [0.25, 0.3) is 0 Å². The summed E-state index contributed by atoms with van der Waals surface area (Å²) in [5, 5.41) is 3.14. The first-order chi connectivity index (χ1) is 9.70. The van der Waals surface area contributed by atoms with Gasteiger partial charge in [-0.05, 0) is 32.4 Å². The van der Waals surface area contributed by atoms with Crippen molar-refractivity contribution in [3.05, 3.63) is 18.2 Å². The Kier molecular flexibility index (Phi) is 5.59. The molecule has 0 spiro atoms. The molecule has 0 radical (unpaired) electrons. The molecule has 112 valence electrons. The zero-order valence-corrected chi connectivity index (χ0v) is 12.6. The monoisotopic (exact) mass is 278 g/mol. The molecule has 0 bridgehead atoms. The van der Waals surface area contributed by atoms with Crippen molar-refractivity contribution >= 4 is 5.91 Å². The van der Waals surface area contributed by atoms with Crippen LogP contribution in [0, 0.1) is 0 Å². The summed E-state index contributed by atoms with van der Waals surface area (Å²) in [5.41, 5.74) is 0. The number of nitrogens with one attached hydrogen (secondary N) is 1. The van der Waals surface area contributed by atoms with Gasteiger partial charge in [-0.25, -0.2) is 4.98 Å². The van der Waals surface area contributed by atoms with E-state index >= 15 is 0 Å². The highest BCUT2D eigenvalue weighted by Gasteiger charge is 2.18. The second-order valence-corrected chi connectivity index (χ2v) is 5.60. The van der Waals surface area contributed by atoms with Crippen LogP contribution in [-0.4, -0.2) is 40.0 Å². The van der Waals surface area contributed by atoms with Gasteiger partial charge in [-0.1, -0.05) is 13.3 Å². The number of amides is 1. The average Bonchev–Trinajstić information content (AvgIpc) is 3.07. The number of aromatic nitrogens is 2. The molecule has 0 aromatic carbocycles. The lowest BCUT2D eigenvalue weighted by atomic mass is 10.1. The zero-order valence-electron chi connectivity index (χ0n) is 12.6. The highest BCUT2D eigenvalue weighted by Crippen LogP contribution is 2.16. The van der Waals surface area contributed by atoms with Gasteiger partial charge in [0.15, 0.2) is 0 Å². The minimum Gasteiger partial charge on any atom is -0.346 e. The molecule has 1 saturated heterocycles. The van der Waals surface area contributed by atoms with Crippen LogP contribution in [0.3, 0.4) is 0 Å². The fraction of sp³-hybridized carbons (Fsp3) is 0.733. The van der Waals surface area contributed by atoms with Crippen molar-refractivity contribution < 1.29 is 4.79 Å². The molecule has 1 fully saturated rings. The van der Waals surface area contributed by atoms with Crippen LogP contribution in [0.25, 0.3) is 0 Å². The summed E-state index contributed by atoms with van der Waals surface area (Å²) >= 11 is 0. The van der Waals surface area contributed by atoms with Crippen LogP contribution in [0.4, 0.5) is 0 Å². The van der Waals surface area contributed by atoms with E-state index in [1.165, 1.54) is 12.8 Å². The predicted molar refractivity (Wildman–Crippen MR) is 79.3 cm³/mol. The maximum Gasteiger partial charge on any atom is 0.221 e. The van der Waals surface area contributed by atoms with Gasteiger partial charge in [-0.2, -0.15) is 0 Å². The van der Waals surface area contributed by atoms with Crippen LogP contribution >= 0.6 is 0 Å². The summed E-state index contributed by atoms with van der Waals surface area (Å²) in [7, 11) is 1.97. The highest BCUT2D eigenvalue weighted by atomic mass is 16.1. The van der Waals surface area contributed by atoms with Crippen molar-refractivity contribution in [3.8, 4) is 0 Å². The van der Waals surface area contributed by atoms with Crippen molar-refractivity contribution in [2.75, 3.05) is 19.6 Å². The van der Waals surface area contributed by atoms with Gasteiger partial charge >= 0.3 is 0 Å². The standard InChI is InChI=1S/C15H26N4O/c1-3-6-13(15-16-8-12-18(15)2)17-14(20)7-11-19-9-4-5-10-19/h8,12-13H,3-7,9-11H2,1-2H3,(H,17,20)/t13-/m0/s1. The van der Waals surface area contributed by atoms with Crippen LogP contribution in [0.1, 0.15) is 50.9 Å². The maximum atomic E-state index is 12.1. The molecule has 1 aromatic rings.